The Kier molecular flexibility index (Phi) is 4.99. The van der Waals surface area contributed by atoms with E-state index in [4.69, 9.17) is 4.74 Å². The fourth-order valence-corrected chi connectivity index (χ4v) is 1.87. The smallest absolute Gasteiger partial charge is 0.338 e. The molecule has 0 saturated heterocycles. The first-order valence-electron chi connectivity index (χ1n) is 7.16. The Balaban J connectivity index is 2.04. The monoisotopic (exact) mass is 284 g/mol. The molecule has 0 saturated carbocycles. The summed E-state index contributed by atoms with van der Waals surface area (Å²) in [4.78, 5) is 11.9. The molecule has 2 aromatic rings. The lowest BCUT2D eigenvalue weighted by molar-refractivity contribution is 0.0447. The Labute approximate surface area is 125 Å². The third kappa shape index (κ3) is 4.09. The number of carbonyl (C=O) groups excluding carboxylic acids is 1. The van der Waals surface area contributed by atoms with Gasteiger partial charge in [0.15, 0.2) is 0 Å². The van der Waals surface area contributed by atoms with Crippen molar-refractivity contribution in [3.63, 3.8) is 0 Å². The van der Waals surface area contributed by atoms with Gasteiger partial charge in [-0.1, -0.05) is 44.5 Å². The first-order chi connectivity index (χ1) is 10.1. The van der Waals surface area contributed by atoms with Gasteiger partial charge in [0, 0.05) is 0 Å². The first-order valence-corrected chi connectivity index (χ1v) is 7.16. The first kappa shape index (κ1) is 15.1. The minimum Gasteiger partial charge on any atom is -0.508 e. The number of carbonyl (C=O) groups is 1. The largest absolute Gasteiger partial charge is 0.508 e. The molecule has 0 aromatic heterocycles. The van der Waals surface area contributed by atoms with E-state index in [0.29, 0.717) is 18.1 Å². The lowest BCUT2D eigenvalue weighted by Gasteiger charge is -2.10. The molecular weight excluding hydrogens is 264 g/mol. The maximum absolute atomic E-state index is 11.9. The highest BCUT2D eigenvalue weighted by molar-refractivity contribution is 5.90. The van der Waals surface area contributed by atoms with Crippen molar-refractivity contribution in [3.05, 3.63) is 54.1 Å². The van der Waals surface area contributed by atoms with Crippen molar-refractivity contribution < 1.29 is 14.6 Å². The lowest BCUT2D eigenvalue weighted by Crippen LogP contribution is -2.11. The van der Waals surface area contributed by atoms with Crippen molar-refractivity contribution in [3.8, 4) is 16.9 Å². The van der Waals surface area contributed by atoms with E-state index in [1.165, 1.54) is 0 Å². The van der Waals surface area contributed by atoms with Crippen molar-refractivity contribution in [2.24, 2.45) is 5.92 Å². The number of phenols is 1. The maximum atomic E-state index is 11.9. The molecule has 0 radical (unpaired) electrons. The maximum Gasteiger partial charge on any atom is 0.338 e. The summed E-state index contributed by atoms with van der Waals surface area (Å²) in [7, 11) is 0. The molecular formula is C18H20O3. The molecule has 0 aliphatic heterocycles. The molecule has 1 atom stereocenters. The van der Waals surface area contributed by atoms with Crippen LogP contribution >= 0.6 is 0 Å². The van der Waals surface area contributed by atoms with Crippen molar-refractivity contribution in [1.29, 1.82) is 0 Å². The van der Waals surface area contributed by atoms with E-state index in [0.717, 1.165) is 17.5 Å². The van der Waals surface area contributed by atoms with Gasteiger partial charge in [0.25, 0.3) is 0 Å². The third-order valence-electron chi connectivity index (χ3n) is 3.52. The number of esters is 1. The van der Waals surface area contributed by atoms with E-state index in [2.05, 4.69) is 13.8 Å². The average molecular weight is 284 g/mol. The number of benzene rings is 2. The van der Waals surface area contributed by atoms with Gasteiger partial charge < -0.3 is 9.84 Å². The zero-order chi connectivity index (χ0) is 15.2. The molecule has 0 fully saturated rings. The summed E-state index contributed by atoms with van der Waals surface area (Å²) in [6, 6.07) is 14.3. The molecule has 2 aromatic carbocycles. The number of aromatic hydroxyl groups is 1. The molecule has 1 N–H and O–H groups in total. The molecule has 0 aliphatic carbocycles. The molecule has 3 heteroatoms. The second-order valence-corrected chi connectivity index (χ2v) is 5.24. The normalized spacial score (nSPS) is 11.9. The van der Waals surface area contributed by atoms with Crippen LogP contribution in [0.1, 0.15) is 30.6 Å². The summed E-state index contributed by atoms with van der Waals surface area (Å²) in [5, 5.41) is 9.28. The van der Waals surface area contributed by atoms with Gasteiger partial charge in [-0.2, -0.15) is 0 Å². The highest BCUT2D eigenvalue weighted by Crippen LogP contribution is 2.22. The number of hydrogen-bond acceptors (Lipinski definition) is 3. The van der Waals surface area contributed by atoms with Crippen LogP contribution in [0.5, 0.6) is 5.75 Å². The number of hydrogen-bond donors (Lipinski definition) is 1. The Bertz CT molecular complexity index is 585. The van der Waals surface area contributed by atoms with Crippen molar-refractivity contribution in [2.45, 2.75) is 20.3 Å². The summed E-state index contributed by atoms with van der Waals surface area (Å²) in [5.41, 5.74) is 2.54. The molecule has 0 spiro atoms. The van der Waals surface area contributed by atoms with E-state index in [1.807, 2.05) is 24.3 Å². The van der Waals surface area contributed by atoms with Crippen LogP contribution in [0.15, 0.2) is 48.5 Å². The van der Waals surface area contributed by atoms with Crippen LogP contribution in [0.3, 0.4) is 0 Å². The van der Waals surface area contributed by atoms with Gasteiger partial charge in [0.2, 0.25) is 0 Å². The number of rotatable bonds is 5. The summed E-state index contributed by atoms with van der Waals surface area (Å²) in [6.07, 6.45) is 0.993. The van der Waals surface area contributed by atoms with Crippen LogP contribution in [0.2, 0.25) is 0 Å². The molecule has 21 heavy (non-hydrogen) atoms. The Morgan fingerprint density at radius 1 is 1.05 bits per heavy atom. The van der Waals surface area contributed by atoms with Gasteiger partial charge in [-0.05, 0) is 41.3 Å². The fourth-order valence-electron chi connectivity index (χ4n) is 1.87. The zero-order valence-electron chi connectivity index (χ0n) is 12.4. The van der Waals surface area contributed by atoms with Crippen LogP contribution in [0.25, 0.3) is 11.1 Å². The van der Waals surface area contributed by atoms with E-state index < -0.39 is 0 Å². The van der Waals surface area contributed by atoms with Gasteiger partial charge in [0.05, 0.1) is 12.2 Å². The average Bonchev–Trinajstić information content (AvgIpc) is 2.53. The van der Waals surface area contributed by atoms with E-state index in [9.17, 15) is 9.90 Å². The Morgan fingerprint density at radius 3 is 2.10 bits per heavy atom. The van der Waals surface area contributed by atoms with Gasteiger partial charge in [-0.3, -0.25) is 0 Å². The minimum atomic E-state index is -0.285. The molecule has 110 valence electrons. The van der Waals surface area contributed by atoms with Gasteiger partial charge >= 0.3 is 5.97 Å². The van der Waals surface area contributed by atoms with Crippen LogP contribution in [0, 0.1) is 5.92 Å². The molecule has 0 amide bonds. The molecule has 3 nitrogen and oxygen atoms in total. The molecule has 0 aliphatic rings. The fraction of sp³-hybridized carbons (Fsp3) is 0.278. The minimum absolute atomic E-state index is 0.240. The second kappa shape index (κ2) is 6.93. The second-order valence-electron chi connectivity index (χ2n) is 5.24. The molecule has 0 unspecified atom stereocenters. The highest BCUT2D eigenvalue weighted by atomic mass is 16.5. The highest BCUT2D eigenvalue weighted by Gasteiger charge is 2.09. The van der Waals surface area contributed by atoms with Crippen LogP contribution < -0.4 is 0 Å². The predicted octanol–water partition coefficient (Wildman–Crippen LogP) is 4.26. The van der Waals surface area contributed by atoms with Gasteiger partial charge in [0.1, 0.15) is 5.75 Å². The summed E-state index contributed by atoms with van der Waals surface area (Å²) >= 11 is 0. The summed E-state index contributed by atoms with van der Waals surface area (Å²) in [5.74, 6) is 0.335. The standard InChI is InChI=1S/C18H20O3/c1-3-13(2)12-21-18(20)16-6-4-14(5-7-16)15-8-10-17(19)11-9-15/h4-11,13,19H,3,12H2,1-2H3/t13-/m0/s1. The number of phenolic OH excluding ortho intramolecular Hbond substituents is 1. The third-order valence-corrected chi connectivity index (χ3v) is 3.52. The van der Waals surface area contributed by atoms with Crippen molar-refractivity contribution in [2.75, 3.05) is 6.61 Å². The molecule has 2 rings (SSSR count). The van der Waals surface area contributed by atoms with E-state index in [1.54, 1.807) is 24.3 Å². The summed E-state index contributed by atoms with van der Waals surface area (Å²) in [6.45, 7) is 4.58. The molecule has 0 bridgehead atoms. The summed E-state index contributed by atoms with van der Waals surface area (Å²) < 4.78 is 5.27. The lowest BCUT2D eigenvalue weighted by atomic mass is 10.0. The Morgan fingerprint density at radius 2 is 1.57 bits per heavy atom. The van der Waals surface area contributed by atoms with Crippen molar-refractivity contribution in [1.82, 2.24) is 0 Å². The Hall–Kier alpha value is -2.29. The number of ether oxygens (including phenoxy) is 1. The van der Waals surface area contributed by atoms with E-state index >= 15 is 0 Å². The SMILES string of the molecule is CC[C@H](C)COC(=O)c1ccc(-c2ccc(O)cc2)cc1. The topological polar surface area (TPSA) is 46.5 Å². The van der Waals surface area contributed by atoms with E-state index in [-0.39, 0.29) is 11.7 Å². The van der Waals surface area contributed by atoms with Crippen LogP contribution in [0.4, 0.5) is 0 Å². The van der Waals surface area contributed by atoms with Gasteiger partial charge in [-0.25, -0.2) is 4.79 Å². The van der Waals surface area contributed by atoms with Gasteiger partial charge in [-0.15, -0.1) is 0 Å². The quantitative estimate of drug-likeness (QED) is 0.834. The van der Waals surface area contributed by atoms with Crippen molar-refractivity contribution >= 4 is 5.97 Å². The molecule has 0 heterocycles. The van der Waals surface area contributed by atoms with Crippen LogP contribution in [-0.4, -0.2) is 17.7 Å². The predicted molar refractivity (Wildman–Crippen MR) is 83.3 cm³/mol. The zero-order valence-corrected chi connectivity index (χ0v) is 12.4. The van der Waals surface area contributed by atoms with Crippen LogP contribution in [-0.2, 0) is 4.74 Å².